The van der Waals surface area contributed by atoms with E-state index >= 15 is 0 Å². The maximum atomic E-state index is 11.8. The van der Waals surface area contributed by atoms with Crippen molar-refractivity contribution in [1.29, 1.82) is 0 Å². The molecule has 0 unspecified atom stereocenters. The van der Waals surface area contributed by atoms with Crippen molar-refractivity contribution in [3.05, 3.63) is 21.9 Å². The molecule has 0 atom stereocenters. The van der Waals surface area contributed by atoms with Gasteiger partial charge in [0, 0.05) is 15.7 Å². The summed E-state index contributed by atoms with van der Waals surface area (Å²) in [6, 6.07) is 4.18. The Hall–Kier alpha value is -0.580. The van der Waals surface area contributed by atoms with Crippen molar-refractivity contribution < 1.29 is 4.79 Å². The van der Waals surface area contributed by atoms with Crippen LogP contribution in [0.15, 0.2) is 12.1 Å². The predicted octanol–water partition coefficient (Wildman–Crippen LogP) is 2.09. The number of hydrogen-bond donors (Lipinski definition) is 2. The van der Waals surface area contributed by atoms with Crippen LogP contribution in [0.3, 0.4) is 0 Å². The SMILES string of the molecule is Cc1ccc(CNC(=O)C2CCNCC2)s1.Cl. The lowest BCUT2D eigenvalue weighted by Crippen LogP contribution is -2.37. The molecule has 0 aromatic carbocycles. The highest BCUT2D eigenvalue weighted by Gasteiger charge is 2.20. The number of piperidine rings is 1. The molecule has 2 N–H and O–H groups in total. The van der Waals surface area contributed by atoms with E-state index in [-0.39, 0.29) is 24.2 Å². The van der Waals surface area contributed by atoms with E-state index in [1.165, 1.54) is 9.75 Å². The van der Waals surface area contributed by atoms with Crippen LogP contribution < -0.4 is 10.6 Å². The minimum absolute atomic E-state index is 0. The Kier molecular flexibility index (Phi) is 5.95. The first kappa shape index (κ1) is 14.5. The summed E-state index contributed by atoms with van der Waals surface area (Å²) in [5, 5.41) is 6.29. The molecule has 1 saturated heterocycles. The maximum absolute atomic E-state index is 11.8. The van der Waals surface area contributed by atoms with Crippen LogP contribution in [0.2, 0.25) is 0 Å². The third-order valence-corrected chi connectivity index (χ3v) is 3.94. The van der Waals surface area contributed by atoms with Crippen molar-refractivity contribution in [2.75, 3.05) is 13.1 Å². The van der Waals surface area contributed by atoms with Gasteiger partial charge in [-0.25, -0.2) is 0 Å². The van der Waals surface area contributed by atoms with Crippen LogP contribution >= 0.6 is 23.7 Å². The largest absolute Gasteiger partial charge is 0.351 e. The molecule has 1 fully saturated rings. The minimum Gasteiger partial charge on any atom is -0.351 e. The number of thiophene rings is 1. The molecule has 0 aliphatic carbocycles. The Morgan fingerprint density at radius 1 is 1.47 bits per heavy atom. The summed E-state index contributed by atoms with van der Waals surface area (Å²) in [7, 11) is 0. The minimum atomic E-state index is 0. The molecule has 17 heavy (non-hydrogen) atoms. The smallest absolute Gasteiger partial charge is 0.223 e. The monoisotopic (exact) mass is 274 g/mol. The summed E-state index contributed by atoms with van der Waals surface area (Å²) in [4.78, 5) is 14.4. The number of nitrogens with one attached hydrogen (secondary N) is 2. The molecular weight excluding hydrogens is 256 g/mol. The Morgan fingerprint density at radius 3 is 2.76 bits per heavy atom. The van der Waals surface area contributed by atoms with Crippen molar-refractivity contribution in [2.24, 2.45) is 5.92 Å². The number of halogens is 1. The van der Waals surface area contributed by atoms with E-state index in [1.54, 1.807) is 11.3 Å². The van der Waals surface area contributed by atoms with Crippen molar-refractivity contribution in [3.63, 3.8) is 0 Å². The number of carbonyl (C=O) groups is 1. The predicted molar refractivity (Wildman–Crippen MR) is 73.7 cm³/mol. The van der Waals surface area contributed by atoms with Gasteiger partial charge in [-0.05, 0) is 45.0 Å². The van der Waals surface area contributed by atoms with Gasteiger partial charge in [-0.15, -0.1) is 23.7 Å². The van der Waals surface area contributed by atoms with Crippen molar-refractivity contribution in [1.82, 2.24) is 10.6 Å². The first-order chi connectivity index (χ1) is 7.75. The average molecular weight is 275 g/mol. The second-order valence-corrected chi connectivity index (χ2v) is 5.63. The molecule has 1 aromatic rings. The normalized spacial score (nSPS) is 16.3. The molecular formula is C12H19ClN2OS. The highest BCUT2D eigenvalue weighted by molar-refractivity contribution is 7.11. The van der Waals surface area contributed by atoms with E-state index in [1.807, 2.05) is 0 Å². The summed E-state index contributed by atoms with van der Waals surface area (Å²) in [6.45, 7) is 4.70. The van der Waals surface area contributed by atoms with Crippen LogP contribution in [0.25, 0.3) is 0 Å². The standard InChI is InChI=1S/C12H18N2OS.ClH/c1-9-2-3-11(16-9)8-14-12(15)10-4-6-13-7-5-10;/h2-3,10,13H,4-8H2,1H3,(H,14,15);1H. The van der Waals surface area contributed by atoms with Crippen LogP contribution in [0, 0.1) is 12.8 Å². The zero-order valence-corrected chi connectivity index (χ0v) is 11.6. The van der Waals surface area contributed by atoms with Gasteiger partial charge in [0.1, 0.15) is 0 Å². The molecule has 0 bridgehead atoms. The highest BCUT2D eigenvalue weighted by atomic mass is 35.5. The molecule has 1 aromatic heterocycles. The summed E-state index contributed by atoms with van der Waals surface area (Å²) < 4.78 is 0. The Balaban J connectivity index is 0.00000144. The van der Waals surface area contributed by atoms with Gasteiger partial charge in [0.05, 0.1) is 6.54 Å². The summed E-state index contributed by atoms with van der Waals surface area (Å²) in [6.07, 6.45) is 1.94. The number of carbonyl (C=O) groups excluding carboxylic acids is 1. The van der Waals surface area contributed by atoms with E-state index in [0.29, 0.717) is 6.54 Å². The van der Waals surface area contributed by atoms with Crippen molar-refractivity contribution in [2.45, 2.75) is 26.3 Å². The van der Waals surface area contributed by atoms with Gasteiger partial charge in [0.15, 0.2) is 0 Å². The van der Waals surface area contributed by atoms with E-state index in [2.05, 4.69) is 29.7 Å². The lowest BCUT2D eigenvalue weighted by molar-refractivity contribution is -0.125. The lowest BCUT2D eigenvalue weighted by Gasteiger charge is -2.21. The summed E-state index contributed by atoms with van der Waals surface area (Å²) >= 11 is 1.75. The fraction of sp³-hybridized carbons (Fsp3) is 0.583. The van der Waals surface area contributed by atoms with Crippen molar-refractivity contribution in [3.8, 4) is 0 Å². The second-order valence-electron chi connectivity index (χ2n) is 4.25. The highest BCUT2D eigenvalue weighted by Crippen LogP contribution is 2.16. The number of rotatable bonds is 3. The zero-order valence-electron chi connectivity index (χ0n) is 9.99. The fourth-order valence-corrected chi connectivity index (χ4v) is 2.81. The second kappa shape index (κ2) is 6.99. The van der Waals surface area contributed by atoms with Gasteiger partial charge in [-0.1, -0.05) is 0 Å². The quantitative estimate of drug-likeness (QED) is 0.886. The number of amides is 1. The van der Waals surface area contributed by atoms with Crippen LogP contribution in [0.1, 0.15) is 22.6 Å². The molecule has 1 aliphatic heterocycles. The molecule has 0 saturated carbocycles. The zero-order chi connectivity index (χ0) is 11.4. The van der Waals surface area contributed by atoms with Gasteiger partial charge in [-0.2, -0.15) is 0 Å². The lowest BCUT2D eigenvalue weighted by atomic mass is 9.97. The topological polar surface area (TPSA) is 41.1 Å². The molecule has 5 heteroatoms. The Morgan fingerprint density at radius 2 is 2.18 bits per heavy atom. The molecule has 2 heterocycles. The van der Waals surface area contributed by atoms with Gasteiger partial charge in [0.2, 0.25) is 5.91 Å². The third-order valence-electron chi connectivity index (χ3n) is 2.94. The molecule has 0 radical (unpaired) electrons. The average Bonchev–Trinajstić information content (AvgIpc) is 2.73. The number of hydrogen-bond acceptors (Lipinski definition) is 3. The van der Waals surface area contributed by atoms with Crippen LogP contribution in [-0.2, 0) is 11.3 Å². The molecule has 96 valence electrons. The molecule has 1 amide bonds. The van der Waals surface area contributed by atoms with Gasteiger partial charge >= 0.3 is 0 Å². The van der Waals surface area contributed by atoms with Crippen LogP contribution in [0.5, 0.6) is 0 Å². The summed E-state index contributed by atoms with van der Waals surface area (Å²) in [5.74, 6) is 0.426. The Labute approximate surface area is 112 Å². The van der Waals surface area contributed by atoms with E-state index in [9.17, 15) is 4.79 Å². The van der Waals surface area contributed by atoms with Crippen LogP contribution in [0.4, 0.5) is 0 Å². The van der Waals surface area contributed by atoms with Crippen LogP contribution in [-0.4, -0.2) is 19.0 Å². The molecule has 2 rings (SSSR count). The molecule has 0 spiro atoms. The van der Waals surface area contributed by atoms with Crippen molar-refractivity contribution >= 4 is 29.7 Å². The Bertz CT molecular complexity index is 361. The maximum Gasteiger partial charge on any atom is 0.223 e. The first-order valence-corrected chi connectivity index (χ1v) is 6.61. The van der Waals surface area contributed by atoms with E-state index in [4.69, 9.17) is 0 Å². The van der Waals surface area contributed by atoms with Gasteiger partial charge in [-0.3, -0.25) is 4.79 Å². The fourth-order valence-electron chi connectivity index (χ4n) is 1.98. The molecule has 3 nitrogen and oxygen atoms in total. The van der Waals surface area contributed by atoms with Gasteiger partial charge < -0.3 is 10.6 Å². The summed E-state index contributed by atoms with van der Waals surface area (Å²) in [5.41, 5.74) is 0. The first-order valence-electron chi connectivity index (χ1n) is 5.79. The van der Waals surface area contributed by atoms with E-state index < -0.39 is 0 Å². The van der Waals surface area contributed by atoms with Gasteiger partial charge in [0.25, 0.3) is 0 Å². The van der Waals surface area contributed by atoms with E-state index in [0.717, 1.165) is 25.9 Å². The third kappa shape index (κ3) is 4.30. The number of aryl methyl sites for hydroxylation is 1. The molecule has 1 aliphatic rings.